The zero-order valence-electron chi connectivity index (χ0n) is 13.2. The molecule has 24 heavy (non-hydrogen) atoms. The van der Waals surface area contributed by atoms with Crippen LogP contribution in [0, 0.1) is 0 Å². The number of hydrogen-bond donors (Lipinski definition) is 0. The number of carbonyl (C=O) groups excluding carboxylic acids is 1. The smallest absolute Gasteiger partial charge is 0.231 e. The Balaban J connectivity index is 1.94. The van der Waals surface area contributed by atoms with Crippen molar-refractivity contribution in [2.45, 2.75) is 0 Å². The molecule has 2 aromatic carbocycles. The number of allylic oxidation sites excluding steroid dienone is 1. The number of halogens is 1. The minimum atomic E-state index is -0.148. The van der Waals surface area contributed by atoms with Gasteiger partial charge in [-0.15, -0.1) is 0 Å². The molecule has 0 spiro atoms. The first-order chi connectivity index (χ1) is 11.6. The Morgan fingerprint density at radius 1 is 1.12 bits per heavy atom. The summed E-state index contributed by atoms with van der Waals surface area (Å²) in [7, 11) is 3.05. The van der Waals surface area contributed by atoms with Gasteiger partial charge in [-0.3, -0.25) is 4.79 Å². The van der Waals surface area contributed by atoms with Crippen LogP contribution in [-0.2, 0) is 0 Å². The van der Waals surface area contributed by atoms with Crippen LogP contribution in [0.3, 0.4) is 0 Å². The van der Waals surface area contributed by atoms with Gasteiger partial charge in [0.2, 0.25) is 18.3 Å². The fourth-order valence-corrected chi connectivity index (χ4v) is 2.54. The first-order valence-corrected chi connectivity index (χ1v) is 7.54. The van der Waals surface area contributed by atoms with Crippen LogP contribution in [0.15, 0.2) is 36.4 Å². The number of rotatable bonds is 5. The number of fused-ring (bicyclic) bond motifs is 1. The maximum absolute atomic E-state index is 12.3. The van der Waals surface area contributed by atoms with Crippen molar-refractivity contribution in [3.8, 4) is 23.0 Å². The summed E-state index contributed by atoms with van der Waals surface area (Å²) in [6.07, 6.45) is 3.11. The Hall–Kier alpha value is -2.66. The molecule has 0 amide bonds. The molecule has 0 aromatic heterocycles. The van der Waals surface area contributed by atoms with Crippen LogP contribution >= 0.6 is 11.6 Å². The van der Waals surface area contributed by atoms with Crippen molar-refractivity contribution in [2.75, 3.05) is 21.0 Å². The molecule has 0 bridgehead atoms. The molecule has 3 rings (SSSR count). The lowest BCUT2D eigenvalue weighted by Crippen LogP contribution is -1.97. The lowest BCUT2D eigenvalue weighted by Gasteiger charge is -2.12. The van der Waals surface area contributed by atoms with Gasteiger partial charge in [0.15, 0.2) is 17.3 Å². The van der Waals surface area contributed by atoms with Gasteiger partial charge in [0.05, 0.1) is 14.2 Å². The quantitative estimate of drug-likeness (QED) is 0.605. The Morgan fingerprint density at radius 3 is 2.50 bits per heavy atom. The van der Waals surface area contributed by atoms with Crippen molar-refractivity contribution in [3.63, 3.8) is 0 Å². The molecule has 1 aliphatic rings. The number of hydrogen-bond acceptors (Lipinski definition) is 5. The molecular formula is C18H15ClO5. The topological polar surface area (TPSA) is 54.0 Å². The molecule has 0 saturated carbocycles. The molecule has 6 heteroatoms. The van der Waals surface area contributed by atoms with Crippen LogP contribution in [0.5, 0.6) is 23.0 Å². The molecule has 1 heterocycles. The van der Waals surface area contributed by atoms with Crippen LogP contribution in [0.25, 0.3) is 6.08 Å². The zero-order valence-corrected chi connectivity index (χ0v) is 13.9. The Morgan fingerprint density at radius 2 is 1.83 bits per heavy atom. The van der Waals surface area contributed by atoms with E-state index in [0.29, 0.717) is 39.1 Å². The van der Waals surface area contributed by atoms with Crippen LogP contribution < -0.4 is 18.9 Å². The highest BCUT2D eigenvalue weighted by Gasteiger charge is 2.25. The van der Waals surface area contributed by atoms with Gasteiger partial charge in [-0.1, -0.05) is 11.6 Å². The van der Waals surface area contributed by atoms with Gasteiger partial charge in [0.25, 0.3) is 0 Å². The monoisotopic (exact) mass is 346 g/mol. The minimum absolute atomic E-state index is 0.117. The van der Waals surface area contributed by atoms with Crippen LogP contribution in [0.1, 0.15) is 15.9 Å². The maximum Gasteiger partial charge on any atom is 0.231 e. The zero-order chi connectivity index (χ0) is 17.1. The van der Waals surface area contributed by atoms with Gasteiger partial charge >= 0.3 is 0 Å². The van der Waals surface area contributed by atoms with Crippen LogP contribution in [0.2, 0.25) is 5.02 Å². The first-order valence-electron chi connectivity index (χ1n) is 7.16. The third-order valence-electron chi connectivity index (χ3n) is 3.55. The fourth-order valence-electron chi connectivity index (χ4n) is 2.41. The lowest BCUT2D eigenvalue weighted by atomic mass is 10.1. The second-order valence-electron chi connectivity index (χ2n) is 4.97. The molecule has 5 nitrogen and oxygen atoms in total. The van der Waals surface area contributed by atoms with Gasteiger partial charge in [-0.25, -0.2) is 0 Å². The summed E-state index contributed by atoms with van der Waals surface area (Å²) >= 11 is 5.83. The van der Waals surface area contributed by atoms with Crippen molar-refractivity contribution >= 4 is 23.5 Å². The van der Waals surface area contributed by atoms with Gasteiger partial charge in [-0.05, 0) is 42.5 Å². The SMILES string of the molecule is COc1c(/C=C/C(=O)c2ccc(Cl)cc2)cc2c(c1OC)OCO2. The summed E-state index contributed by atoms with van der Waals surface area (Å²) in [5.41, 5.74) is 1.20. The van der Waals surface area contributed by atoms with Crippen molar-refractivity contribution < 1.29 is 23.7 Å². The summed E-state index contributed by atoms with van der Waals surface area (Å²) in [4.78, 5) is 12.3. The summed E-state index contributed by atoms with van der Waals surface area (Å²) in [5, 5.41) is 0.581. The highest BCUT2D eigenvalue weighted by Crippen LogP contribution is 2.49. The molecular weight excluding hydrogens is 332 g/mol. The van der Waals surface area contributed by atoms with E-state index in [2.05, 4.69) is 0 Å². The predicted octanol–water partition coefficient (Wildman–Crippen LogP) is 3.98. The van der Waals surface area contributed by atoms with Crippen molar-refractivity contribution in [1.29, 1.82) is 0 Å². The van der Waals surface area contributed by atoms with E-state index < -0.39 is 0 Å². The van der Waals surface area contributed by atoms with Crippen LogP contribution in [-0.4, -0.2) is 26.8 Å². The molecule has 0 fully saturated rings. The summed E-state index contributed by atoms with van der Waals surface area (Å²) in [6.45, 7) is 0.117. The number of methoxy groups -OCH3 is 2. The Bertz CT molecular complexity index is 796. The van der Waals surface area contributed by atoms with Crippen molar-refractivity contribution in [1.82, 2.24) is 0 Å². The summed E-state index contributed by atoms with van der Waals surface area (Å²) in [6, 6.07) is 8.44. The molecule has 1 aliphatic heterocycles. The van der Waals surface area contributed by atoms with E-state index in [1.807, 2.05) is 0 Å². The molecule has 0 saturated heterocycles. The summed E-state index contributed by atoms with van der Waals surface area (Å²) in [5.74, 6) is 1.81. The number of benzene rings is 2. The number of ether oxygens (including phenoxy) is 4. The average molecular weight is 347 g/mol. The van der Waals surface area contributed by atoms with E-state index in [-0.39, 0.29) is 12.6 Å². The highest BCUT2D eigenvalue weighted by atomic mass is 35.5. The standard InChI is InChI=1S/C18H15ClO5/c1-21-16-12(9-15-17(18(16)22-2)24-10-23-15)5-8-14(20)11-3-6-13(19)7-4-11/h3-9H,10H2,1-2H3/b8-5+. The molecule has 0 atom stereocenters. The summed E-state index contributed by atoms with van der Waals surface area (Å²) < 4.78 is 21.6. The number of carbonyl (C=O) groups is 1. The lowest BCUT2D eigenvalue weighted by molar-refractivity contribution is 0.104. The largest absolute Gasteiger partial charge is 0.492 e. The van der Waals surface area contributed by atoms with Crippen molar-refractivity contribution in [3.05, 3.63) is 52.6 Å². The Labute approximate surface area is 144 Å². The molecule has 124 valence electrons. The van der Waals surface area contributed by atoms with Gasteiger partial charge in [0, 0.05) is 16.1 Å². The van der Waals surface area contributed by atoms with E-state index in [9.17, 15) is 4.79 Å². The second kappa shape index (κ2) is 6.84. The molecule has 0 N–H and O–H groups in total. The van der Waals surface area contributed by atoms with Gasteiger partial charge < -0.3 is 18.9 Å². The Kier molecular flexibility index (Phi) is 4.62. The van der Waals surface area contributed by atoms with E-state index in [1.54, 1.807) is 36.4 Å². The normalized spacial score (nSPS) is 12.5. The van der Waals surface area contributed by atoms with Crippen molar-refractivity contribution in [2.24, 2.45) is 0 Å². The van der Waals surface area contributed by atoms with Crippen LogP contribution in [0.4, 0.5) is 0 Å². The first kappa shape index (κ1) is 16.2. The third-order valence-corrected chi connectivity index (χ3v) is 3.81. The predicted molar refractivity (Wildman–Crippen MR) is 90.5 cm³/mol. The van der Waals surface area contributed by atoms with Gasteiger partial charge in [0.1, 0.15) is 0 Å². The highest BCUT2D eigenvalue weighted by molar-refractivity contribution is 6.30. The van der Waals surface area contributed by atoms with Gasteiger partial charge in [-0.2, -0.15) is 0 Å². The van der Waals surface area contributed by atoms with E-state index in [0.717, 1.165) is 0 Å². The van der Waals surface area contributed by atoms with E-state index >= 15 is 0 Å². The molecule has 0 unspecified atom stereocenters. The number of ketones is 1. The molecule has 0 aliphatic carbocycles. The molecule has 2 aromatic rings. The average Bonchev–Trinajstić information content (AvgIpc) is 3.06. The van der Waals surface area contributed by atoms with E-state index in [4.69, 9.17) is 30.5 Å². The second-order valence-corrected chi connectivity index (χ2v) is 5.41. The minimum Gasteiger partial charge on any atom is -0.492 e. The van der Waals surface area contributed by atoms with E-state index in [1.165, 1.54) is 20.3 Å². The molecule has 0 radical (unpaired) electrons. The fraction of sp³-hybridized carbons (Fsp3) is 0.167. The third kappa shape index (κ3) is 3.03. The maximum atomic E-state index is 12.3.